The summed E-state index contributed by atoms with van der Waals surface area (Å²) in [5.41, 5.74) is 0. The fraction of sp³-hybridized carbons (Fsp3) is 0.364. The number of halogens is 1. The topological polar surface area (TPSA) is 54.9 Å². The fourth-order valence-corrected chi connectivity index (χ4v) is 3.28. The van der Waals surface area contributed by atoms with Gasteiger partial charge in [0.1, 0.15) is 0 Å². The van der Waals surface area contributed by atoms with Crippen molar-refractivity contribution in [3.63, 3.8) is 0 Å². The van der Waals surface area contributed by atoms with Crippen LogP contribution in [0.1, 0.15) is 26.5 Å². The SMILES string of the molecule is Cc1ccc(CC(C)NC(=O)c2nnc(Cl)s2)s1. The molecule has 0 aliphatic heterocycles. The van der Waals surface area contributed by atoms with E-state index in [2.05, 4.69) is 34.6 Å². The van der Waals surface area contributed by atoms with Gasteiger partial charge < -0.3 is 5.32 Å². The Hall–Kier alpha value is -0.980. The second-order valence-electron chi connectivity index (χ2n) is 3.95. The van der Waals surface area contributed by atoms with Crippen LogP contribution in [0.4, 0.5) is 0 Å². The summed E-state index contributed by atoms with van der Waals surface area (Å²) in [4.78, 5) is 14.3. The third kappa shape index (κ3) is 3.51. The molecule has 2 aromatic heterocycles. The maximum absolute atomic E-state index is 11.8. The van der Waals surface area contributed by atoms with E-state index in [0.29, 0.717) is 5.01 Å². The van der Waals surface area contributed by atoms with Gasteiger partial charge in [-0.1, -0.05) is 11.3 Å². The number of rotatable bonds is 4. The monoisotopic (exact) mass is 301 g/mol. The number of nitrogens with zero attached hydrogens (tertiary/aromatic N) is 2. The van der Waals surface area contributed by atoms with E-state index in [4.69, 9.17) is 11.6 Å². The average Bonchev–Trinajstić information content (AvgIpc) is 2.87. The van der Waals surface area contributed by atoms with Crippen LogP contribution in [-0.2, 0) is 6.42 Å². The predicted molar refractivity (Wildman–Crippen MR) is 74.6 cm³/mol. The van der Waals surface area contributed by atoms with Crippen molar-refractivity contribution in [1.82, 2.24) is 15.5 Å². The van der Waals surface area contributed by atoms with Crippen LogP contribution in [0, 0.1) is 6.92 Å². The van der Waals surface area contributed by atoms with Crippen molar-refractivity contribution in [1.29, 1.82) is 0 Å². The minimum Gasteiger partial charge on any atom is -0.347 e. The number of carbonyl (C=O) groups excluding carboxylic acids is 1. The van der Waals surface area contributed by atoms with Gasteiger partial charge in [0, 0.05) is 22.2 Å². The first-order chi connectivity index (χ1) is 8.54. The lowest BCUT2D eigenvalue weighted by atomic mass is 10.2. The van der Waals surface area contributed by atoms with Gasteiger partial charge in [-0.15, -0.1) is 21.5 Å². The van der Waals surface area contributed by atoms with Crippen molar-refractivity contribution in [3.05, 3.63) is 31.4 Å². The molecule has 0 saturated heterocycles. The van der Waals surface area contributed by atoms with Crippen LogP contribution in [0.5, 0.6) is 0 Å². The molecule has 2 rings (SSSR count). The third-order valence-corrected chi connectivity index (χ3v) is 4.32. The lowest BCUT2D eigenvalue weighted by molar-refractivity contribution is 0.0939. The number of amides is 1. The van der Waals surface area contributed by atoms with E-state index >= 15 is 0 Å². The molecule has 1 amide bonds. The van der Waals surface area contributed by atoms with Gasteiger partial charge in [0.2, 0.25) is 9.47 Å². The van der Waals surface area contributed by atoms with Gasteiger partial charge in [-0.25, -0.2) is 0 Å². The number of thiophene rings is 1. The molecule has 1 N–H and O–H groups in total. The third-order valence-electron chi connectivity index (χ3n) is 2.28. The molecule has 0 spiro atoms. The molecular formula is C11H12ClN3OS2. The van der Waals surface area contributed by atoms with Crippen LogP contribution in [0.3, 0.4) is 0 Å². The van der Waals surface area contributed by atoms with Crippen molar-refractivity contribution in [2.75, 3.05) is 0 Å². The average molecular weight is 302 g/mol. The van der Waals surface area contributed by atoms with Crippen molar-refractivity contribution >= 4 is 40.2 Å². The zero-order chi connectivity index (χ0) is 13.1. The molecular weight excluding hydrogens is 290 g/mol. The Morgan fingerprint density at radius 1 is 1.44 bits per heavy atom. The number of carbonyl (C=O) groups is 1. The quantitative estimate of drug-likeness (QED) is 0.944. The van der Waals surface area contributed by atoms with Crippen molar-refractivity contribution in [3.8, 4) is 0 Å². The molecule has 1 unspecified atom stereocenters. The molecule has 0 fully saturated rings. The van der Waals surface area contributed by atoms with Crippen LogP contribution < -0.4 is 5.32 Å². The molecule has 0 aliphatic carbocycles. The first-order valence-electron chi connectivity index (χ1n) is 5.40. The standard InChI is InChI=1S/C11H12ClN3OS2/c1-6(5-8-4-3-7(2)17-8)13-9(16)10-14-15-11(12)18-10/h3-4,6H,5H2,1-2H3,(H,13,16). The van der Waals surface area contributed by atoms with Gasteiger partial charge in [0.25, 0.3) is 5.91 Å². The maximum atomic E-state index is 11.8. The van der Waals surface area contributed by atoms with E-state index in [1.54, 1.807) is 11.3 Å². The van der Waals surface area contributed by atoms with Crippen molar-refractivity contribution in [2.45, 2.75) is 26.3 Å². The normalized spacial score (nSPS) is 12.4. The van der Waals surface area contributed by atoms with Crippen LogP contribution in [-0.4, -0.2) is 22.1 Å². The van der Waals surface area contributed by atoms with E-state index in [0.717, 1.165) is 17.8 Å². The number of nitrogens with one attached hydrogen (secondary N) is 1. The van der Waals surface area contributed by atoms with Gasteiger partial charge in [-0.2, -0.15) is 0 Å². The van der Waals surface area contributed by atoms with Crippen LogP contribution in [0.25, 0.3) is 0 Å². The Morgan fingerprint density at radius 2 is 2.22 bits per heavy atom. The Kier molecular flexibility index (Phi) is 4.31. The lowest BCUT2D eigenvalue weighted by Crippen LogP contribution is -2.33. The highest BCUT2D eigenvalue weighted by Crippen LogP contribution is 2.17. The molecule has 7 heteroatoms. The van der Waals surface area contributed by atoms with E-state index in [1.165, 1.54) is 9.75 Å². The summed E-state index contributed by atoms with van der Waals surface area (Å²) in [5, 5.41) is 10.5. The first-order valence-corrected chi connectivity index (χ1v) is 7.41. The summed E-state index contributed by atoms with van der Waals surface area (Å²) in [7, 11) is 0. The summed E-state index contributed by atoms with van der Waals surface area (Å²) in [6.07, 6.45) is 0.816. The zero-order valence-corrected chi connectivity index (χ0v) is 12.3. The van der Waals surface area contributed by atoms with Gasteiger partial charge in [0.05, 0.1) is 0 Å². The van der Waals surface area contributed by atoms with Crippen molar-refractivity contribution < 1.29 is 4.79 Å². The molecule has 0 bridgehead atoms. The second kappa shape index (κ2) is 5.77. The summed E-state index contributed by atoms with van der Waals surface area (Å²) in [6.45, 7) is 4.04. The van der Waals surface area contributed by atoms with Crippen LogP contribution in [0.2, 0.25) is 4.47 Å². The number of aromatic nitrogens is 2. The fourth-order valence-electron chi connectivity index (χ4n) is 1.53. The second-order valence-corrected chi connectivity index (χ2v) is 6.88. The lowest BCUT2D eigenvalue weighted by Gasteiger charge is -2.11. The summed E-state index contributed by atoms with van der Waals surface area (Å²) in [6, 6.07) is 4.22. The van der Waals surface area contributed by atoms with Crippen LogP contribution >= 0.6 is 34.3 Å². The Balaban J connectivity index is 1.91. The molecule has 0 saturated carbocycles. The van der Waals surface area contributed by atoms with E-state index in [9.17, 15) is 4.79 Å². The van der Waals surface area contributed by atoms with Crippen LogP contribution in [0.15, 0.2) is 12.1 Å². The smallest absolute Gasteiger partial charge is 0.282 e. The van der Waals surface area contributed by atoms with Gasteiger partial charge >= 0.3 is 0 Å². The first kappa shape index (κ1) is 13.5. The van der Waals surface area contributed by atoms with Gasteiger partial charge in [-0.3, -0.25) is 4.79 Å². The number of hydrogen-bond donors (Lipinski definition) is 1. The van der Waals surface area contributed by atoms with E-state index in [1.807, 2.05) is 6.92 Å². The Morgan fingerprint density at radius 3 is 2.78 bits per heavy atom. The molecule has 2 heterocycles. The maximum Gasteiger partial charge on any atom is 0.282 e. The van der Waals surface area contributed by atoms with Gasteiger partial charge in [-0.05, 0) is 37.6 Å². The molecule has 2 aromatic rings. The molecule has 4 nitrogen and oxygen atoms in total. The Labute approximate surface area is 118 Å². The molecule has 18 heavy (non-hydrogen) atoms. The highest BCUT2D eigenvalue weighted by molar-refractivity contribution is 7.17. The van der Waals surface area contributed by atoms with E-state index < -0.39 is 0 Å². The highest BCUT2D eigenvalue weighted by Gasteiger charge is 2.15. The Bertz CT molecular complexity index is 552. The van der Waals surface area contributed by atoms with E-state index in [-0.39, 0.29) is 16.4 Å². The minimum atomic E-state index is -0.222. The molecule has 0 aliphatic rings. The zero-order valence-electron chi connectivity index (χ0n) is 9.94. The van der Waals surface area contributed by atoms with Crippen molar-refractivity contribution in [2.24, 2.45) is 0 Å². The summed E-state index contributed by atoms with van der Waals surface area (Å²) >= 11 is 8.47. The highest BCUT2D eigenvalue weighted by atomic mass is 35.5. The largest absolute Gasteiger partial charge is 0.347 e. The molecule has 96 valence electrons. The molecule has 0 radical (unpaired) electrons. The summed E-state index contributed by atoms with van der Waals surface area (Å²) in [5.74, 6) is -0.222. The summed E-state index contributed by atoms with van der Waals surface area (Å²) < 4.78 is 0.279. The minimum absolute atomic E-state index is 0.0539. The molecule has 1 atom stereocenters. The predicted octanol–water partition coefficient (Wildman–Crippen LogP) is 2.92. The van der Waals surface area contributed by atoms with Gasteiger partial charge in [0.15, 0.2) is 0 Å². The molecule has 0 aromatic carbocycles. The number of hydrogen-bond acceptors (Lipinski definition) is 5. The number of aryl methyl sites for hydroxylation is 1.